The maximum atomic E-state index is 11.6. The number of ether oxygens (including phenoxy) is 1. The van der Waals surface area contributed by atoms with Crippen LogP contribution in [0.3, 0.4) is 0 Å². The summed E-state index contributed by atoms with van der Waals surface area (Å²) >= 11 is 0. The third kappa shape index (κ3) is 6.18. The van der Waals surface area contributed by atoms with Crippen LogP contribution in [0.5, 0.6) is 0 Å². The molecule has 1 atom stereocenters. The van der Waals surface area contributed by atoms with Gasteiger partial charge in [-0.2, -0.15) is 0 Å². The highest BCUT2D eigenvalue weighted by Gasteiger charge is 2.28. The molecule has 0 saturated carbocycles. The summed E-state index contributed by atoms with van der Waals surface area (Å²) in [6.45, 7) is 11.6. The molecule has 0 spiro atoms. The number of carbonyl (C=O) groups is 1. The van der Waals surface area contributed by atoms with Crippen molar-refractivity contribution in [1.29, 1.82) is 0 Å². The van der Waals surface area contributed by atoms with Gasteiger partial charge in [0.2, 0.25) is 0 Å². The normalized spacial score (nSPS) is 15.6. The second kappa shape index (κ2) is 7.12. The molecule has 1 unspecified atom stereocenters. The van der Waals surface area contributed by atoms with Crippen molar-refractivity contribution < 1.29 is 9.53 Å². The van der Waals surface area contributed by atoms with Crippen molar-refractivity contribution in [2.75, 3.05) is 20.2 Å². The van der Waals surface area contributed by atoms with Gasteiger partial charge in [-0.05, 0) is 53.6 Å². The van der Waals surface area contributed by atoms with Crippen molar-refractivity contribution in [3.8, 4) is 0 Å². The Kier molecular flexibility index (Phi) is 6.95. The van der Waals surface area contributed by atoms with Gasteiger partial charge >= 0.3 is 0 Å². The monoisotopic (exact) mass is 243 g/mol. The van der Waals surface area contributed by atoms with E-state index < -0.39 is 0 Å². The minimum absolute atomic E-state index is 0.117. The van der Waals surface area contributed by atoms with Gasteiger partial charge in [0.25, 0.3) is 0 Å². The fourth-order valence-corrected chi connectivity index (χ4v) is 1.65. The number of Topliss-reactive ketones (excluding diaryl/α,β-unsaturated/α-hetero) is 1. The van der Waals surface area contributed by atoms with Crippen LogP contribution in [0.2, 0.25) is 0 Å². The van der Waals surface area contributed by atoms with Crippen molar-refractivity contribution >= 4 is 5.78 Å². The first-order valence-corrected chi connectivity index (χ1v) is 6.57. The number of ketones is 1. The number of hydrogen-bond acceptors (Lipinski definition) is 3. The highest BCUT2D eigenvalue weighted by molar-refractivity contribution is 5.81. The van der Waals surface area contributed by atoms with Crippen molar-refractivity contribution in [2.24, 2.45) is 5.41 Å². The molecule has 1 N–H and O–H groups in total. The van der Waals surface area contributed by atoms with Crippen LogP contribution in [0.25, 0.3) is 0 Å². The van der Waals surface area contributed by atoms with E-state index in [0.717, 1.165) is 25.8 Å². The Morgan fingerprint density at radius 3 is 2.24 bits per heavy atom. The lowest BCUT2D eigenvalue weighted by molar-refractivity contribution is -0.128. The molecule has 0 aliphatic rings. The predicted octanol–water partition coefficient (Wildman–Crippen LogP) is 2.79. The molecule has 0 rings (SSSR count). The van der Waals surface area contributed by atoms with E-state index in [4.69, 9.17) is 4.74 Å². The number of nitrogens with one attached hydrogen (secondary N) is 1. The molecule has 0 amide bonds. The summed E-state index contributed by atoms with van der Waals surface area (Å²) in [4.78, 5) is 11.6. The molecule has 3 nitrogen and oxygen atoms in total. The van der Waals surface area contributed by atoms with Crippen LogP contribution in [0, 0.1) is 5.41 Å². The second-order valence-corrected chi connectivity index (χ2v) is 5.68. The summed E-state index contributed by atoms with van der Waals surface area (Å²) in [6.07, 6.45) is 2.66. The van der Waals surface area contributed by atoms with Gasteiger partial charge in [-0.15, -0.1) is 0 Å². The van der Waals surface area contributed by atoms with Gasteiger partial charge in [-0.1, -0.05) is 13.8 Å². The molecular formula is C14H29NO2. The number of hydrogen-bond donors (Lipinski definition) is 1. The highest BCUT2D eigenvalue weighted by Crippen LogP contribution is 2.28. The van der Waals surface area contributed by atoms with Crippen LogP contribution in [0.15, 0.2) is 0 Å². The zero-order valence-corrected chi connectivity index (χ0v) is 12.4. The van der Waals surface area contributed by atoms with Crippen LogP contribution in [0.4, 0.5) is 0 Å². The van der Waals surface area contributed by atoms with Crippen molar-refractivity contribution in [3.05, 3.63) is 0 Å². The Balaban J connectivity index is 4.08. The minimum Gasteiger partial charge on any atom is -0.375 e. The standard InChI is InChI=1S/C14H29NO2/c1-7-14(5,12(2)16)9-11-17-13(3,4)8-10-15-6/h15H,7-11H2,1-6H3. The van der Waals surface area contributed by atoms with E-state index >= 15 is 0 Å². The Bertz CT molecular complexity index is 238. The van der Waals surface area contributed by atoms with Gasteiger partial charge in [-0.3, -0.25) is 4.79 Å². The summed E-state index contributed by atoms with van der Waals surface area (Å²) in [6, 6.07) is 0. The first-order chi connectivity index (χ1) is 7.77. The molecule has 0 bridgehead atoms. The quantitative estimate of drug-likeness (QED) is 0.677. The van der Waals surface area contributed by atoms with E-state index in [1.807, 2.05) is 14.0 Å². The summed E-state index contributed by atoms with van der Waals surface area (Å²) in [5.41, 5.74) is -0.340. The van der Waals surface area contributed by atoms with Crippen LogP contribution in [0.1, 0.15) is 53.9 Å². The summed E-state index contributed by atoms with van der Waals surface area (Å²) < 4.78 is 5.89. The van der Waals surface area contributed by atoms with E-state index in [1.165, 1.54) is 0 Å². The largest absolute Gasteiger partial charge is 0.375 e. The molecule has 0 fully saturated rings. The number of rotatable bonds is 9. The molecule has 0 saturated heterocycles. The summed E-state index contributed by atoms with van der Waals surface area (Å²) in [5.74, 6) is 0.261. The SMILES string of the molecule is CCC(C)(CCOC(C)(C)CCNC)C(C)=O. The first-order valence-electron chi connectivity index (χ1n) is 6.57. The highest BCUT2D eigenvalue weighted by atomic mass is 16.5. The van der Waals surface area contributed by atoms with E-state index in [9.17, 15) is 4.79 Å². The van der Waals surface area contributed by atoms with E-state index in [0.29, 0.717) is 6.61 Å². The zero-order chi connectivity index (χ0) is 13.5. The fraction of sp³-hybridized carbons (Fsp3) is 0.929. The van der Waals surface area contributed by atoms with Crippen LogP contribution in [-0.4, -0.2) is 31.6 Å². The molecule has 0 aliphatic heterocycles. The maximum absolute atomic E-state index is 11.6. The molecule has 0 aromatic heterocycles. The van der Waals surface area contributed by atoms with E-state index in [-0.39, 0.29) is 16.8 Å². The third-order valence-electron chi connectivity index (χ3n) is 3.75. The van der Waals surface area contributed by atoms with Crippen molar-refractivity contribution in [1.82, 2.24) is 5.32 Å². The smallest absolute Gasteiger partial charge is 0.135 e. The lowest BCUT2D eigenvalue weighted by Gasteiger charge is -2.29. The predicted molar refractivity (Wildman–Crippen MR) is 72.3 cm³/mol. The van der Waals surface area contributed by atoms with Crippen molar-refractivity contribution in [3.63, 3.8) is 0 Å². The average molecular weight is 243 g/mol. The van der Waals surface area contributed by atoms with Gasteiger partial charge in [0.15, 0.2) is 0 Å². The Morgan fingerprint density at radius 2 is 1.82 bits per heavy atom. The first kappa shape index (κ1) is 16.6. The molecule has 0 radical (unpaired) electrons. The Labute approximate surface area is 106 Å². The van der Waals surface area contributed by atoms with Crippen molar-refractivity contribution in [2.45, 2.75) is 59.5 Å². The van der Waals surface area contributed by atoms with E-state index in [1.54, 1.807) is 6.92 Å². The second-order valence-electron chi connectivity index (χ2n) is 5.68. The summed E-state index contributed by atoms with van der Waals surface area (Å²) in [7, 11) is 1.94. The van der Waals surface area contributed by atoms with Gasteiger partial charge in [0, 0.05) is 12.0 Å². The topological polar surface area (TPSA) is 38.3 Å². The molecule has 17 heavy (non-hydrogen) atoms. The maximum Gasteiger partial charge on any atom is 0.135 e. The van der Waals surface area contributed by atoms with Crippen LogP contribution in [-0.2, 0) is 9.53 Å². The molecule has 0 aliphatic carbocycles. The Morgan fingerprint density at radius 1 is 1.24 bits per heavy atom. The molecular weight excluding hydrogens is 214 g/mol. The number of carbonyl (C=O) groups excluding carboxylic acids is 1. The van der Waals surface area contributed by atoms with Gasteiger partial charge in [0.05, 0.1) is 5.60 Å². The van der Waals surface area contributed by atoms with Gasteiger partial charge in [0.1, 0.15) is 5.78 Å². The molecule has 3 heteroatoms. The Hall–Kier alpha value is -0.410. The molecule has 0 aromatic carbocycles. The lowest BCUT2D eigenvalue weighted by Crippen LogP contribution is -2.32. The third-order valence-corrected chi connectivity index (χ3v) is 3.75. The molecule has 0 heterocycles. The lowest BCUT2D eigenvalue weighted by atomic mass is 9.81. The van der Waals surface area contributed by atoms with Crippen LogP contribution >= 0.6 is 0 Å². The zero-order valence-electron chi connectivity index (χ0n) is 12.4. The minimum atomic E-state index is -0.223. The average Bonchev–Trinajstić information content (AvgIpc) is 2.25. The molecule has 102 valence electrons. The van der Waals surface area contributed by atoms with Gasteiger partial charge in [-0.25, -0.2) is 0 Å². The van der Waals surface area contributed by atoms with E-state index in [2.05, 4.69) is 26.1 Å². The summed E-state index contributed by atoms with van der Waals surface area (Å²) in [5, 5.41) is 3.13. The van der Waals surface area contributed by atoms with Crippen LogP contribution < -0.4 is 5.32 Å². The fourth-order valence-electron chi connectivity index (χ4n) is 1.65. The van der Waals surface area contributed by atoms with Gasteiger partial charge < -0.3 is 10.1 Å². The molecule has 0 aromatic rings.